The third-order valence-corrected chi connectivity index (χ3v) is 0.940. The number of allylic oxidation sites excluding steroid dienone is 4. The third kappa shape index (κ3) is 24.9. The summed E-state index contributed by atoms with van der Waals surface area (Å²) in [6, 6.07) is 0. The number of esters is 1. The molecule has 2 heteroatoms. The fourth-order valence-electron chi connectivity index (χ4n) is 0.285. The number of carbonyl (C=O) groups is 1. The molecule has 0 bridgehead atoms. The van der Waals surface area contributed by atoms with Gasteiger partial charge in [0.05, 0.1) is 7.11 Å². The van der Waals surface area contributed by atoms with E-state index in [4.69, 9.17) is 0 Å². The summed E-state index contributed by atoms with van der Waals surface area (Å²) in [4.78, 5) is 9.59. The Bertz CT molecular complexity index is 196. The molecule has 0 N–H and O–H groups in total. The number of carbonyl (C=O) groups excluding carboxylic acids is 1. The molecular formula is C11H18O2. The highest BCUT2D eigenvalue weighted by Gasteiger charge is 1.75. The van der Waals surface area contributed by atoms with E-state index in [2.05, 4.69) is 17.9 Å². The monoisotopic (exact) mass is 182 g/mol. The van der Waals surface area contributed by atoms with Crippen LogP contribution in [0.2, 0.25) is 0 Å². The summed E-state index contributed by atoms with van der Waals surface area (Å²) in [7, 11) is 1.35. The van der Waals surface area contributed by atoms with Gasteiger partial charge in [0.25, 0.3) is 0 Å². The van der Waals surface area contributed by atoms with Gasteiger partial charge in [-0.15, -0.1) is 0 Å². The molecule has 0 aromatic carbocycles. The molecule has 0 heterocycles. The Kier molecular flexibility index (Phi) is 9.61. The van der Waals surface area contributed by atoms with Crippen LogP contribution in [0.5, 0.6) is 0 Å². The van der Waals surface area contributed by atoms with Crippen molar-refractivity contribution < 1.29 is 9.53 Å². The smallest absolute Gasteiger partial charge is 0.302 e. The summed E-state index contributed by atoms with van der Waals surface area (Å²) in [5, 5.41) is 0. The molecule has 0 aliphatic carbocycles. The van der Waals surface area contributed by atoms with Gasteiger partial charge in [-0.1, -0.05) is 36.5 Å². The van der Waals surface area contributed by atoms with Gasteiger partial charge in [0.1, 0.15) is 0 Å². The van der Waals surface area contributed by atoms with Gasteiger partial charge in [0.15, 0.2) is 0 Å². The fourth-order valence-corrected chi connectivity index (χ4v) is 0.285. The van der Waals surface area contributed by atoms with Gasteiger partial charge in [0.2, 0.25) is 0 Å². The topological polar surface area (TPSA) is 26.3 Å². The lowest BCUT2D eigenvalue weighted by Crippen LogP contribution is -1.88. The highest BCUT2D eigenvalue weighted by molar-refractivity contribution is 5.65. The average Bonchev–Trinajstić information content (AvgIpc) is 2.02. The van der Waals surface area contributed by atoms with Crippen LogP contribution in [0.1, 0.15) is 20.8 Å². The Balaban J connectivity index is 0. The van der Waals surface area contributed by atoms with E-state index in [9.17, 15) is 4.79 Å². The standard InChI is InChI=1S/C8H12.C3H6O2/c1-7(2)5-6-8(3)4;1-3(4)5-2/h5-6H,1,3H2,2,4H3;1-2H3/b6-5-;. The number of methoxy groups -OCH3 is 1. The van der Waals surface area contributed by atoms with Crippen LogP contribution in [0.15, 0.2) is 36.5 Å². The Hall–Kier alpha value is -1.31. The predicted molar refractivity (Wildman–Crippen MR) is 56.5 cm³/mol. The molecule has 0 amide bonds. The molecule has 0 unspecified atom stereocenters. The maximum atomic E-state index is 9.59. The molecule has 0 saturated carbocycles. The van der Waals surface area contributed by atoms with Crippen molar-refractivity contribution in [3.63, 3.8) is 0 Å². The number of ether oxygens (including phenoxy) is 1. The average molecular weight is 182 g/mol. The van der Waals surface area contributed by atoms with Crippen molar-refractivity contribution in [3.8, 4) is 0 Å². The molecular weight excluding hydrogens is 164 g/mol. The molecule has 74 valence electrons. The van der Waals surface area contributed by atoms with Crippen molar-refractivity contribution in [1.29, 1.82) is 0 Å². The summed E-state index contributed by atoms with van der Waals surface area (Å²) in [6.07, 6.45) is 3.89. The highest BCUT2D eigenvalue weighted by Crippen LogP contribution is 1.94. The van der Waals surface area contributed by atoms with E-state index in [1.54, 1.807) is 0 Å². The normalized spacial score (nSPS) is 8.62. The molecule has 0 aromatic heterocycles. The van der Waals surface area contributed by atoms with Crippen LogP contribution in [0.25, 0.3) is 0 Å². The summed E-state index contributed by atoms with van der Waals surface area (Å²) in [6.45, 7) is 12.7. The molecule has 0 rings (SSSR count). The summed E-state index contributed by atoms with van der Waals surface area (Å²) >= 11 is 0. The van der Waals surface area contributed by atoms with Gasteiger partial charge in [0, 0.05) is 6.92 Å². The summed E-state index contributed by atoms with van der Waals surface area (Å²) < 4.78 is 4.11. The van der Waals surface area contributed by atoms with Crippen LogP contribution in [-0.4, -0.2) is 13.1 Å². The molecule has 0 aromatic rings. The van der Waals surface area contributed by atoms with E-state index in [0.29, 0.717) is 0 Å². The largest absolute Gasteiger partial charge is 0.469 e. The SMILES string of the molecule is C=C(C)/C=C\C(=C)C.COC(C)=O. The molecule has 2 nitrogen and oxygen atoms in total. The van der Waals surface area contributed by atoms with E-state index in [1.165, 1.54) is 14.0 Å². The minimum absolute atomic E-state index is 0.245. The van der Waals surface area contributed by atoms with Crippen molar-refractivity contribution in [2.24, 2.45) is 0 Å². The van der Waals surface area contributed by atoms with Crippen molar-refractivity contribution in [2.75, 3.05) is 7.11 Å². The van der Waals surface area contributed by atoms with Gasteiger partial charge < -0.3 is 4.74 Å². The van der Waals surface area contributed by atoms with Gasteiger partial charge in [-0.2, -0.15) is 0 Å². The quantitative estimate of drug-likeness (QED) is 0.485. The number of hydrogen-bond donors (Lipinski definition) is 0. The second kappa shape index (κ2) is 8.78. The molecule has 13 heavy (non-hydrogen) atoms. The lowest BCUT2D eigenvalue weighted by Gasteiger charge is -1.84. The van der Waals surface area contributed by atoms with Crippen LogP contribution < -0.4 is 0 Å². The summed E-state index contributed by atoms with van der Waals surface area (Å²) in [5.74, 6) is -0.245. The lowest BCUT2D eigenvalue weighted by molar-refractivity contribution is -0.137. The molecule has 0 radical (unpaired) electrons. The zero-order chi connectivity index (χ0) is 10.9. The van der Waals surface area contributed by atoms with E-state index < -0.39 is 0 Å². The van der Waals surface area contributed by atoms with Crippen molar-refractivity contribution in [2.45, 2.75) is 20.8 Å². The second-order valence-electron chi connectivity index (χ2n) is 2.72. The molecule has 0 saturated heterocycles. The van der Waals surface area contributed by atoms with Crippen LogP contribution in [0.4, 0.5) is 0 Å². The molecule has 0 fully saturated rings. The zero-order valence-corrected chi connectivity index (χ0v) is 8.89. The Morgan fingerprint density at radius 3 is 1.38 bits per heavy atom. The first-order valence-corrected chi connectivity index (χ1v) is 3.93. The van der Waals surface area contributed by atoms with E-state index in [1.807, 2.05) is 26.0 Å². The first-order valence-electron chi connectivity index (χ1n) is 3.93. The molecule has 0 aliphatic heterocycles. The van der Waals surface area contributed by atoms with Crippen molar-refractivity contribution in [3.05, 3.63) is 36.5 Å². The molecule has 0 atom stereocenters. The van der Waals surface area contributed by atoms with Crippen molar-refractivity contribution in [1.82, 2.24) is 0 Å². The van der Waals surface area contributed by atoms with E-state index in [-0.39, 0.29) is 5.97 Å². The minimum atomic E-state index is -0.245. The van der Waals surface area contributed by atoms with Gasteiger partial charge in [-0.3, -0.25) is 4.79 Å². The number of hydrogen-bond acceptors (Lipinski definition) is 2. The Morgan fingerprint density at radius 1 is 1.08 bits per heavy atom. The Labute approximate surface area is 80.6 Å². The number of rotatable bonds is 2. The maximum absolute atomic E-state index is 9.59. The third-order valence-electron chi connectivity index (χ3n) is 0.940. The van der Waals surface area contributed by atoms with Crippen LogP contribution in [0, 0.1) is 0 Å². The van der Waals surface area contributed by atoms with Gasteiger partial charge in [-0.05, 0) is 13.8 Å². The van der Waals surface area contributed by atoms with Gasteiger partial charge >= 0.3 is 5.97 Å². The van der Waals surface area contributed by atoms with E-state index >= 15 is 0 Å². The second-order valence-corrected chi connectivity index (χ2v) is 2.72. The van der Waals surface area contributed by atoms with E-state index in [0.717, 1.165) is 11.1 Å². The first-order chi connectivity index (χ1) is 5.90. The van der Waals surface area contributed by atoms with Crippen LogP contribution in [-0.2, 0) is 9.53 Å². The maximum Gasteiger partial charge on any atom is 0.302 e. The summed E-state index contributed by atoms with van der Waals surface area (Å²) in [5.41, 5.74) is 2.13. The predicted octanol–water partition coefficient (Wildman–Crippen LogP) is 2.87. The van der Waals surface area contributed by atoms with Crippen LogP contribution in [0.3, 0.4) is 0 Å². The zero-order valence-electron chi connectivity index (χ0n) is 8.89. The van der Waals surface area contributed by atoms with Crippen LogP contribution >= 0.6 is 0 Å². The fraction of sp³-hybridized carbons (Fsp3) is 0.364. The molecule has 0 aliphatic rings. The Morgan fingerprint density at radius 2 is 1.31 bits per heavy atom. The first kappa shape index (κ1) is 14.2. The minimum Gasteiger partial charge on any atom is -0.469 e. The highest BCUT2D eigenvalue weighted by atomic mass is 16.5. The molecule has 0 spiro atoms. The van der Waals surface area contributed by atoms with Gasteiger partial charge in [-0.25, -0.2) is 0 Å². The van der Waals surface area contributed by atoms with Crippen molar-refractivity contribution >= 4 is 5.97 Å². The lowest BCUT2D eigenvalue weighted by atomic mass is 10.2.